The quantitative estimate of drug-likeness (QED) is 0.824. The Labute approximate surface area is 139 Å². The highest BCUT2D eigenvalue weighted by Crippen LogP contribution is 2.25. The van der Waals surface area contributed by atoms with E-state index in [0.29, 0.717) is 24.1 Å². The minimum absolute atomic E-state index is 0.0155. The van der Waals surface area contributed by atoms with Crippen LogP contribution in [0, 0.1) is 0 Å². The Hall–Kier alpha value is -2.05. The fourth-order valence-electron chi connectivity index (χ4n) is 3.24. The third-order valence-electron chi connectivity index (χ3n) is 4.44. The number of nitrogens with one attached hydrogen (secondary N) is 2. The monoisotopic (exact) mass is 331 g/mol. The highest BCUT2D eigenvalue weighted by atomic mass is 35.5. The van der Waals surface area contributed by atoms with Gasteiger partial charge in [0.2, 0.25) is 5.95 Å². The highest BCUT2D eigenvalue weighted by Gasteiger charge is 2.28. The van der Waals surface area contributed by atoms with Gasteiger partial charge in [0.15, 0.2) is 0 Å². The second-order valence-electron chi connectivity index (χ2n) is 5.99. The molecule has 2 aliphatic rings. The molecule has 2 aliphatic heterocycles. The lowest BCUT2D eigenvalue weighted by Gasteiger charge is -2.36. The van der Waals surface area contributed by atoms with Gasteiger partial charge in [-0.15, -0.1) is 0 Å². The normalized spacial score (nSPS) is 19.7. The molecule has 0 fully saturated rings. The zero-order valence-electron chi connectivity index (χ0n) is 12.8. The van der Waals surface area contributed by atoms with Gasteiger partial charge in [-0.25, -0.2) is 4.98 Å². The summed E-state index contributed by atoms with van der Waals surface area (Å²) in [6.45, 7) is 2.14. The van der Waals surface area contributed by atoms with Crippen LogP contribution < -0.4 is 21.2 Å². The standard InChI is InChI=1S/C16H18ClN5O/c1-21-9-14(10-2-4-11(17)5-3-10)20-16-19-13-6-7-18-8-12(13)15(23)22(16)21/h2-5,14,18H,6-9H2,1H3,(H,19,20)/t14-/m0/s1. The predicted octanol–water partition coefficient (Wildman–Crippen LogP) is 1.28. The minimum atomic E-state index is 0.0155. The summed E-state index contributed by atoms with van der Waals surface area (Å²) in [7, 11) is 1.92. The van der Waals surface area contributed by atoms with E-state index >= 15 is 0 Å². The summed E-state index contributed by atoms with van der Waals surface area (Å²) in [5.41, 5.74) is 2.82. The molecule has 0 unspecified atom stereocenters. The van der Waals surface area contributed by atoms with E-state index in [1.54, 1.807) is 4.68 Å². The van der Waals surface area contributed by atoms with E-state index in [1.807, 2.05) is 36.3 Å². The molecule has 7 heteroatoms. The second kappa shape index (κ2) is 5.54. The summed E-state index contributed by atoms with van der Waals surface area (Å²) in [5.74, 6) is 0.615. The molecule has 4 rings (SSSR count). The average molecular weight is 332 g/mol. The van der Waals surface area contributed by atoms with Crippen molar-refractivity contribution in [2.75, 3.05) is 30.5 Å². The third-order valence-corrected chi connectivity index (χ3v) is 4.70. The van der Waals surface area contributed by atoms with Crippen LogP contribution in [0.2, 0.25) is 5.02 Å². The largest absolute Gasteiger partial charge is 0.345 e. The van der Waals surface area contributed by atoms with Gasteiger partial charge in [-0.05, 0) is 17.7 Å². The number of likely N-dealkylation sites (N-methyl/N-ethyl adjacent to an activating group) is 1. The molecule has 1 aromatic carbocycles. The number of anilines is 1. The highest BCUT2D eigenvalue weighted by molar-refractivity contribution is 6.30. The van der Waals surface area contributed by atoms with Crippen molar-refractivity contribution in [1.29, 1.82) is 0 Å². The number of rotatable bonds is 1. The molecule has 2 aromatic rings. The molecule has 1 atom stereocenters. The Morgan fingerprint density at radius 3 is 2.87 bits per heavy atom. The average Bonchev–Trinajstić information content (AvgIpc) is 2.55. The van der Waals surface area contributed by atoms with Crippen LogP contribution in [0.1, 0.15) is 22.9 Å². The summed E-state index contributed by atoms with van der Waals surface area (Å²) in [5, 5.41) is 9.28. The first-order valence-corrected chi connectivity index (χ1v) is 8.10. The lowest BCUT2D eigenvalue weighted by Crippen LogP contribution is -2.51. The van der Waals surface area contributed by atoms with Gasteiger partial charge in [0.25, 0.3) is 5.56 Å². The van der Waals surface area contributed by atoms with Crippen LogP contribution in [0.5, 0.6) is 0 Å². The van der Waals surface area contributed by atoms with E-state index < -0.39 is 0 Å². The number of aromatic nitrogens is 2. The molecule has 2 N–H and O–H groups in total. The maximum absolute atomic E-state index is 12.7. The lowest BCUT2D eigenvalue weighted by molar-refractivity contribution is 0.518. The number of nitrogens with zero attached hydrogens (tertiary/aromatic N) is 3. The Kier molecular flexibility index (Phi) is 3.50. The number of hydrogen-bond donors (Lipinski definition) is 2. The van der Waals surface area contributed by atoms with Crippen LogP contribution in [-0.2, 0) is 13.0 Å². The van der Waals surface area contributed by atoms with Crippen LogP contribution >= 0.6 is 11.6 Å². The molecule has 0 amide bonds. The molecule has 120 valence electrons. The molecule has 0 spiro atoms. The molecule has 0 saturated heterocycles. The van der Waals surface area contributed by atoms with Crippen molar-refractivity contribution >= 4 is 17.5 Å². The van der Waals surface area contributed by atoms with Crippen LogP contribution in [0.4, 0.5) is 5.95 Å². The summed E-state index contributed by atoms with van der Waals surface area (Å²) in [4.78, 5) is 17.4. The van der Waals surface area contributed by atoms with E-state index in [1.165, 1.54) is 0 Å². The van der Waals surface area contributed by atoms with E-state index in [2.05, 4.69) is 10.6 Å². The molecule has 1 aromatic heterocycles. The van der Waals surface area contributed by atoms with Crippen molar-refractivity contribution < 1.29 is 0 Å². The van der Waals surface area contributed by atoms with E-state index in [-0.39, 0.29) is 11.6 Å². The van der Waals surface area contributed by atoms with Gasteiger partial charge in [-0.3, -0.25) is 4.79 Å². The number of benzene rings is 1. The lowest BCUT2D eigenvalue weighted by atomic mass is 10.1. The first-order chi connectivity index (χ1) is 11.1. The van der Waals surface area contributed by atoms with Gasteiger partial charge in [-0.2, -0.15) is 4.68 Å². The van der Waals surface area contributed by atoms with Crippen molar-refractivity contribution in [3.63, 3.8) is 0 Å². The number of fused-ring (bicyclic) bond motifs is 2. The van der Waals surface area contributed by atoms with E-state index in [0.717, 1.165) is 29.8 Å². The Balaban J connectivity index is 1.75. The fourth-order valence-corrected chi connectivity index (χ4v) is 3.36. The third kappa shape index (κ3) is 2.48. The van der Waals surface area contributed by atoms with Crippen LogP contribution in [0.3, 0.4) is 0 Å². The molecule has 0 bridgehead atoms. The van der Waals surface area contributed by atoms with E-state index in [4.69, 9.17) is 16.6 Å². The van der Waals surface area contributed by atoms with Crippen molar-refractivity contribution in [1.82, 2.24) is 15.0 Å². The Bertz CT molecular complexity index is 801. The maximum atomic E-state index is 12.7. The summed E-state index contributed by atoms with van der Waals surface area (Å²) in [6, 6.07) is 7.84. The zero-order chi connectivity index (χ0) is 16.0. The van der Waals surface area contributed by atoms with Gasteiger partial charge in [0, 0.05) is 31.6 Å². The molecular formula is C16H18ClN5O. The van der Waals surface area contributed by atoms with Crippen LogP contribution in [0.25, 0.3) is 0 Å². The SMILES string of the molecule is CN1C[C@@H](c2ccc(Cl)cc2)Nc2nc3c(c(=O)n21)CNCC3. The van der Waals surface area contributed by atoms with Crippen LogP contribution in [-0.4, -0.2) is 29.8 Å². The zero-order valence-corrected chi connectivity index (χ0v) is 13.6. The molecule has 23 heavy (non-hydrogen) atoms. The molecule has 0 saturated carbocycles. The second-order valence-corrected chi connectivity index (χ2v) is 6.43. The first kappa shape index (κ1) is 14.5. The van der Waals surface area contributed by atoms with Crippen molar-refractivity contribution in [3.8, 4) is 0 Å². The van der Waals surface area contributed by atoms with Gasteiger partial charge in [-0.1, -0.05) is 23.7 Å². The van der Waals surface area contributed by atoms with Gasteiger partial charge >= 0.3 is 0 Å². The Morgan fingerprint density at radius 1 is 1.30 bits per heavy atom. The molecule has 6 nitrogen and oxygen atoms in total. The molecular weight excluding hydrogens is 314 g/mol. The Morgan fingerprint density at radius 2 is 2.09 bits per heavy atom. The molecule has 0 aliphatic carbocycles. The van der Waals surface area contributed by atoms with Crippen molar-refractivity contribution in [3.05, 3.63) is 56.5 Å². The fraction of sp³-hybridized carbons (Fsp3) is 0.375. The summed E-state index contributed by atoms with van der Waals surface area (Å²) < 4.78 is 1.64. The molecule has 0 radical (unpaired) electrons. The first-order valence-electron chi connectivity index (χ1n) is 7.72. The number of hydrogen-bond acceptors (Lipinski definition) is 5. The molecule has 3 heterocycles. The minimum Gasteiger partial charge on any atom is -0.345 e. The van der Waals surface area contributed by atoms with Gasteiger partial charge in [0.1, 0.15) is 0 Å². The number of halogens is 1. The van der Waals surface area contributed by atoms with Gasteiger partial charge < -0.3 is 15.6 Å². The predicted molar refractivity (Wildman–Crippen MR) is 90.7 cm³/mol. The smallest absolute Gasteiger partial charge is 0.278 e. The van der Waals surface area contributed by atoms with E-state index in [9.17, 15) is 4.79 Å². The van der Waals surface area contributed by atoms with Crippen molar-refractivity contribution in [2.24, 2.45) is 0 Å². The van der Waals surface area contributed by atoms with Gasteiger partial charge in [0.05, 0.1) is 23.8 Å². The van der Waals surface area contributed by atoms with Crippen LogP contribution in [0.15, 0.2) is 29.1 Å². The maximum Gasteiger partial charge on any atom is 0.278 e. The summed E-state index contributed by atoms with van der Waals surface area (Å²) >= 11 is 5.97. The van der Waals surface area contributed by atoms with Crippen molar-refractivity contribution in [2.45, 2.75) is 19.0 Å². The summed E-state index contributed by atoms with van der Waals surface area (Å²) in [6.07, 6.45) is 0.787. The topological polar surface area (TPSA) is 62.2 Å².